The molecule has 6 heteroatoms. The zero-order valence-electron chi connectivity index (χ0n) is 51.1. The van der Waals surface area contributed by atoms with Gasteiger partial charge in [0.25, 0.3) is 0 Å². The number of unbranched alkanes of at least 4 members (excludes halogenated alkanes) is 54. The van der Waals surface area contributed by atoms with Crippen molar-refractivity contribution in [3.05, 3.63) is 12.2 Å². The van der Waals surface area contributed by atoms with Crippen LogP contribution in [0.15, 0.2) is 12.2 Å². The zero-order valence-corrected chi connectivity index (χ0v) is 51.1. The Morgan fingerprint density at radius 3 is 0.907 bits per heavy atom. The number of allylic oxidation sites excluding steroid dienone is 1. The van der Waals surface area contributed by atoms with E-state index >= 15 is 0 Å². The molecule has 3 N–H and O–H groups in total. The largest absolute Gasteiger partial charge is 0.466 e. The van der Waals surface area contributed by atoms with Crippen LogP contribution >= 0.6 is 0 Å². The molecular formula is C69H135NO5. The average Bonchev–Trinajstić information content (AvgIpc) is 3.41. The molecule has 0 aliphatic rings. The maximum Gasteiger partial charge on any atom is 0.305 e. The summed E-state index contributed by atoms with van der Waals surface area (Å²) in [4.78, 5) is 24.6. The smallest absolute Gasteiger partial charge is 0.305 e. The first-order chi connectivity index (χ1) is 37.0. The lowest BCUT2D eigenvalue weighted by atomic mass is 10.0. The molecule has 0 aromatic carbocycles. The molecule has 2 atom stereocenters. The molecule has 6 nitrogen and oxygen atoms in total. The van der Waals surface area contributed by atoms with Gasteiger partial charge in [0, 0.05) is 12.8 Å². The Bertz CT molecular complexity index is 1130. The van der Waals surface area contributed by atoms with Crippen LogP contribution in [0.3, 0.4) is 0 Å². The van der Waals surface area contributed by atoms with E-state index in [0.29, 0.717) is 19.4 Å². The highest BCUT2D eigenvalue weighted by Gasteiger charge is 2.18. The third kappa shape index (κ3) is 61.7. The van der Waals surface area contributed by atoms with Crippen molar-refractivity contribution in [3.8, 4) is 0 Å². The highest BCUT2D eigenvalue weighted by molar-refractivity contribution is 5.76. The number of aliphatic hydroxyl groups excluding tert-OH is 2. The Kier molecular flexibility index (Phi) is 63.9. The first kappa shape index (κ1) is 73.6. The number of aliphatic hydroxyl groups is 2. The van der Waals surface area contributed by atoms with E-state index in [4.69, 9.17) is 4.74 Å². The Labute approximate surface area is 469 Å². The van der Waals surface area contributed by atoms with Crippen molar-refractivity contribution in [2.45, 2.75) is 405 Å². The van der Waals surface area contributed by atoms with Gasteiger partial charge < -0.3 is 20.3 Å². The van der Waals surface area contributed by atoms with Crippen molar-refractivity contribution in [2.24, 2.45) is 0 Å². The van der Waals surface area contributed by atoms with E-state index in [1.165, 1.54) is 327 Å². The molecule has 0 aliphatic heterocycles. The third-order valence-electron chi connectivity index (χ3n) is 16.3. The Morgan fingerprint density at radius 1 is 0.360 bits per heavy atom. The van der Waals surface area contributed by atoms with Gasteiger partial charge in [0.1, 0.15) is 0 Å². The van der Waals surface area contributed by atoms with Gasteiger partial charge in [-0.05, 0) is 32.1 Å². The van der Waals surface area contributed by atoms with Crippen LogP contribution < -0.4 is 5.32 Å². The molecule has 446 valence electrons. The van der Waals surface area contributed by atoms with Crippen LogP contribution in [0.2, 0.25) is 0 Å². The van der Waals surface area contributed by atoms with Gasteiger partial charge in [0.15, 0.2) is 0 Å². The molecule has 1 amide bonds. The van der Waals surface area contributed by atoms with E-state index in [0.717, 1.165) is 38.5 Å². The second-order valence-corrected chi connectivity index (χ2v) is 23.9. The van der Waals surface area contributed by atoms with Crippen LogP contribution in [-0.4, -0.2) is 47.4 Å². The molecule has 0 aromatic heterocycles. The quantitative estimate of drug-likeness (QED) is 0.0320. The normalized spacial score (nSPS) is 12.5. The van der Waals surface area contributed by atoms with Gasteiger partial charge in [-0.1, -0.05) is 360 Å². The maximum atomic E-state index is 12.5. The van der Waals surface area contributed by atoms with Crippen molar-refractivity contribution in [1.82, 2.24) is 5.32 Å². The number of hydrogen-bond acceptors (Lipinski definition) is 5. The number of amides is 1. The number of ether oxygens (including phenoxy) is 1. The molecule has 0 aromatic rings. The van der Waals surface area contributed by atoms with E-state index in [-0.39, 0.29) is 18.5 Å². The van der Waals surface area contributed by atoms with Crippen LogP contribution in [-0.2, 0) is 14.3 Å². The highest BCUT2D eigenvalue weighted by atomic mass is 16.5. The molecule has 2 unspecified atom stereocenters. The lowest BCUT2D eigenvalue weighted by Gasteiger charge is -2.20. The average molecular weight is 1060 g/mol. The van der Waals surface area contributed by atoms with Crippen LogP contribution in [0.25, 0.3) is 0 Å². The number of esters is 1. The highest BCUT2D eigenvalue weighted by Crippen LogP contribution is 2.19. The first-order valence-electron chi connectivity index (χ1n) is 34.5. The van der Waals surface area contributed by atoms with Gasteiger partial charge in [0.2, 0.25) is 5.91 Å². The lowest BCUT2D eigenvalue weighted by molar-refractivity contribution is -0.143. The minimum Gasteiger partial charge on any atom is -0.466 e. The molecule has 0 radical (unpaired) electrons. The van der Waals surface area contributed by atoms with Gasteiger partial charge in [-0.15, -0.1) is 0 Å². The van der Waals surface area contributed by atoms with Crippen molar-refractivity contribution in [3.63, 3.8) is 0 Å². The summed E-state index contributed by atoms with van der Waals surface area (Å²) in [7, 11) is 0. The van der Waals surface area contributed by atoms with Crippen molar-refractivity contribution in [2.75, 3.05) is 13.2 Å². The fraction of sp³-hybridized carbons (Fsp3) is 0.942. The molecule has 0 saturated heterocycles. The molecule has 75 heavy (non-hydrogen) atoms. The molecule has 0 aliphatic carbocycles. The van der Waals surface area contributed by atoms with Gasteiger partial charge in [-0.2, -0.15) is 0 Å². The number of carbonyl (C=O) groups excluding carboxylic acids is 2. The fourth-order valence-corrected chi connectivity index (χ4v) is 11.1. The van der Waals surface area contributed by atoms with Crippen molar-refractivity contribution >= 4 is 11.9 Å². The summed E-state index contributed by atoms with van der Waals surface area (Å²) in [6, 6.07) is -0.628. The predicted octanol–water partition coefficient (Wildman–Crippen LogP) is 22.0. The van der Waals surface area contributed by atoms with E-state index in [2.05, 4.69) is 19.2 Å². The number of nitrogens with one attached hydrogen (secondary N) is 1. The molecule has 0 bridgehead atoms. The Hall–Kier alpha value is -1.40. The summed E-state index contributed by atoms with van der Waals surface area (Å²) in [5, 5.41) is 23.2. The monoisotopic (exact) mass is 1060 g/mol. The van der Waals surface area contributed by atoms with Crippen LogP contribution in [0.4, 0.5) is 0 Å². The van der Waals surface area contributed by atoms with Crippen molar-refractivity contribution < 1.29 is 24.5 Å². The molecule has 0 spiro atoms. The summed E-state index contributed by atoms with van der Waals surface area (Å²) in [6.07, 6.45) is 79.9. The van der Waals surface area contributed by atoms with Gasteiger partial charge in [-0.25, -0.2) is 0 Å². The van der Waals surface area contributed by atoms with E-state index < -0.39 is 12.1 Å². The second kappa shape index (κ2) is 65.1. The number of carbonyl (C=O) groups is 2. The Morgan fingerprint density at radius 2 is 0.613 bits per heavy atom. The fourth-order valence-electron chi connectivity index (χ4n) is 11.1. The summed E-state index contributed by atoms with van der Waals surface area (Å²) in [6.45, 7) is 4.95. The number of hydrogen-bond donors (Lipinski definition) is 3. The predicted molar refractivity (Wildman–Crippen MR) is 329 cm³/mol. The van der Waals surface area contributed by atoms with Crippen molar-refractivity contribution in [1.29, 1.82) is 0 Å². The lowest BCUT2D eigenvalue weighted by Crippen LogP contribution is -2.45. The minimum absolute atomic E-state index is 0.0182. The first-order valence-corrected chi connectivity index (χ1v) is 34.5. The minimum atomic E-state index is -0.844. The Balaban J connectivity index is 3.37. The molecule has 0 rings (SSSR count). The summed E-state index contributed by atoms with van der Waals surface area (Å²) < 4.78 is 5.51. The standard InChI is InChI=1S/C69H135NO5/c1-3-5-7-9-11-13-15-17-19-21-29-33-37-41-45-49-53-57-61-67(72)66(65-71)70-68(73)62-58-54-50-46-42-38-34-30-27-25-23-24-26-28-32-36-40-44-48-52-56-60-64-75-69(74)63-59-55-51-47-43-39-35-31-22-20-18-16-14-12-10-8-6-4-2/h57,61,66-67,71-72H,3-56,58-60,62-65H2,1-2H3,(H,70,73)/b61-57+. The second-order valence-electron chi connectivity index (χ2n) is 23.9. The van der Waals surface area contributed by atoms with E-state index in [1.807, 2.05) is 6.08 Å². The van der Waals surface area contributed by atoms with Crippen LogP contribution in [0.1, 0.15) is 393 Å². The molecular weight excluding hydrogens is 923 g/mol. The van der Waals surface area contributed by atoms with Gasteiger partial charge in [0.05, 0.1) is 25.4 Å². The van der Waals surface area contributed by atoms with E-state index in [1.54, 1.807) is 6.08 Å². The van der Waals surface area contributed by atoms with Gasteiger partial charge in [-0.3, -0.25) is 9.59 Å². The molecule has 0 fully saturated rings. The SMILES string of the molecule is CCCCCCCCCCCCCCCCCC/C=C/C(O)C(CO)NC(=O)CCCCCCCCCCCCCCCCCCCCCCCCOC(=O)CCCCCCCCCCCCCCCCCCCC. The van der Waals surface area contributed by atoms with Crippen LogP contribution in [0, 0.1) is 0 Å². The van der Waals surface area contributed by atoms with Crippen LogP contribution in [0.5, 0.6) is 0 Å². The topological polar surface area (TPSA) is 95.9 Å². The third-order valence-corrected chi connectivity index (χ3v) is 16.3. The zero-order chi connectivity index (χ0) is 54.3. The van der Waals surface area contributed by atoms with Gasteiger partial charge >= 0.3 is 5.97 Å². The molecule has 0 heterocycles. The summed E-state index contributed by atoms with van der Waals surface area (Å²) in [5.74, 6) is -0.0461. The summed E-state index contributed by atoms with van der Waals surface area (Å²) >= 11 is 0. The summed E-state index contributed by atoms with van der Waals surface area (Å²) in [5.41, 5.74) is 0. The molecule has 0 saturated carbocycles. The van der Waals surface area contributed by atoms with E-state index in [9.17, 15) is 19.8 Å². The number of rotatable bonds is 65. The maximum absolute atomic E-state index is 12.5.